The van der Waals surface area contributed by atoms with E-state index in [1.54, 1.807) is 5.57 Å². The van der Waals surface area contributed by atoms with Crippen molar-refractivity contribution in [2.75, 3.05) is 0 Å². The summed E-state index contributed by atoms with van der Waals surface area (Å²) < 4.78 is 0. The van der Waals surface area contributed by atoms with Crippen LogP contribution in [0.1, 0.15) is 105 Å². The quantitative estimate of drug-likeness (QED) is 0.515. The van der Waals surface area contributed by atoms with E-state index in [4.69, 9.17) is 0 Å². The molecule has 3 saturated carbocycles. The highest BCUT2D eigenvalue weighted by Crippen LogP contribution is 2.67. The number of aliphatic hydroxyl groups excluding tert-OH is 1. The maximum atomic E-state index is 11.6. The average molecular weight is 403 g/mol. The molecule has 29 heavy (non-hydrogen) atoms. The van der Waals surface area contributed by atoms with Gasteiger partial charge in [-0.3, -0.25) is 0 Å². The molecule has 0 amide bonds. The van der Waals surface area contributed by atoms with Crippen LogP contribution in [-0.2, 0) is 0 Å². The lowest BCUT2D eigenvalue weighted by molar-refractivity contribution is -0.122. The van der Waals surface area contributed by atoms with Gasteiger partial charge in [0.2, 0.25) is 0 Å². The SMILES string of the molecule is CC(C)CCC[C@@](C)(O)[C@H]1[C@@H](O)C[C@H]2[C@@H]3CC=C4CCCC[C@]4(C)[C@H]3CC[C@@]21C. The molecule has 0 bridgehead atoms. The molecule has 0 aromatic rings. The van der Waals surface area contributed by atoms with Gasteiger partial charge in [0.15, 0.2) is 0 Å². The first-order valence-corrected chi connectivity index (χ1v) is 12.7. The fourth-order valence-corrected chi connectivity index (χ4v) is 8.86. The molecule has 4 aliphatic rings. The molecule has 0 aromatic carbocycles. The Labute approximate surface area is 179 Å². The van der Waals surface area contributed by atoms with Crippen molar-refractivity contribution >= 4 is 0 Å². The molecule has 8 atom stereocenters. The summed E-state index contributed by atoms with van der Waals surface area (Å²) in [6, 6.07) is 0. The van der Waals surface area contributed by atoms with Crippen LogP contribution >= 0.6 is 0 Å². The molecule has 3 fully saturated rings. The Morgan fingerprint density at radius 3 is 2.66 bits per heavy atom. The number of fused-ring (bicyclic) bond motifs is 5. The van der Waals surface area contributed by atoms with Crippen molar-refractivity contribution in [1.29, 1.82) is 0 Å². The second-order valence-corrected chi connectivity index (χ2v) is 12.4. The molecule has 166 valence electrons. The third-order valence-electron chi connectivity index (χ3n) is 10.2. The van der Waals surface area contributed by atoms with E-state index in [1.165, 1.54) is 44.9 Å². The van der Waals surface area contributed by atoms with Crippen molar-refractivity contribution in [3.05, 3.63) is 11.6 Å². The van der Waals surface area contributed by atoms with Gasteiger partial charge in [-0.05, 0) is 92.8 Å². The predicted molar refractivity (Wildman–Crippen MR) is 121 cm³/mol. The summed E-state index contributed by atoms with van der Waals surface area (Å²) in [5.41, 5.74) is 1.49. The standard InChI is InChI=1S/C27H46O2/c1-18(2)9-8-15-27(5,29)24-23(28)17-22-20-12-11-19-10-6-7-14-25(19,3)21(20)13-16-26(22,24)4/h11,18,20-24,28-29H,6-10,12-17H2,1-5H3/t20-,21+,22+,23+,24+,25+,26+,27-/m1/s1. The van der Waals surface area contributed by atoms with Crippen molar-refractivity contribution in [3.8, 4) is 0 Å². The average Bonchev–Trinajstić information content (AvgIpc) is 2.91. The predicted octanol–water partition coefficient (Wildman–Crippen LogP) is 6.50. The first-order valence-electron chi connectivity index (χ1n) is 12.7. The molecule has 4 aliphatic carbocycles. The molecule has 2 nitrogen and oxygen atoms in total. The zero-order chi connectivity index (χ0) is 21.0. The van der Waals surface area contributed by atoms with Gasteiger partial charge >= 0.3 is 0 Å². The summed E-state index contributed by atoms with van der Waals surface area (Å²) >= 11 is 0. The van der Waals surface area contributed by atoms with Crippen LogP contribution in [0.15, 0.2) is 11.6 Å². The molecule has 0 unspecified atom stereocenters. The van der Waals surface area contributed by atoms with Gasteiger partial charge in [-0.25, -0.2) is 0 Å². The molecular formula is C27H46O2. The second-order valence-electron chi connectivity index (χ2n) is 12.4. The van der Waals surface area contributed by atoms with Gasteiger partial charge < -0.3 is 10.2 Å². The monoisotopic (exact) mass is 402 g/mol. The molecule has 0 radical (unpaired) electrons. The topological polar surface area (TPSA) is 40.5 Å². The van der Waals surface area contributed by atoms with E-state index in [0.717, 1.165) is 31.6 Å². The number of allylic oxidation sites excluding steroid dienone is 2. The Balaban J connectivity index is 1.57. The number of rotatable bonds is 5. The summed E-state index contributed by atoms with van der Waals surface area (Å²) in [5.74, 6) is 2.76. The Hall–Kier alpha value is -0.340. The minimum absolute atomic E-state index is 0.0256. The van der Waals surface area contributed by atoms with E-state index in [1.807, 2.05) is 6.92 Å². The Bertz CT molecular complexity index is 634. The summed E-state index contributed by atoms with van der Waals surface area (Å²) in [5, 5.41) is 22.8. The van der Waals surface area contributed by atoms with Crippen LogP contribution in [0.4, 0.5) is 0 Å². The maximum Gasteiger partial charge on any atom is 0.0677 e. The highest BCUT2D eigenvalue weighted by Gasteiger charge is 2.63. The Morgan fingerprint density at radius 2 is 1.93 bits per heavy atom. The summed E-state index contributed by atoms with van der Waals surface area (Å²) in [4.78, 5) is 0. The van der Waals surface area contributed by atoms with Crippen molar-refractivity contribution < 1.29 is 10.2 Å². The molecule has 0 aromatic heterocycles. The van der Waals surface area contributed by atoms with Crippen molar-refractivity contribution in [1.82, 2.24) is 0 Å². The first kappa shape index (κ1) is 21.9. The van der Waals surface area contributed by atoms with Crippen LogP contribution in [0.25, 0.3) is 0 Å². The third kappa shape index (κ3) is 3.55. The molecule has 0 aliphatic heterocycles. The lowest BCUT2D eigenvalue weighted by Gasteiger charge is -2.58. The van der Waals surface area contributed by atoms with E-state index in [0.29, 0.717) is 23.2 Å². The van der Waals surface area contributed by atoms with Crippen LogP contribution in [0.3, 0.4) is 0 Å². The van der Waals surface area contributed by atoms with Crippen LogP contribution in [0.2, 0.25) is 0 Å². The second kappa shape index (κ2) is 7.66. The van der Waals surface area contributed by atoms with E-state index < -0.39 is 5.60 Å². The van der Waals surface area contributed by atoms with Crippen LogP contribution < -0.4 is 0 Å². The van der Waals surface area contributed by atoms with Crippen LogP contribution in [0, 0.1) is 40.4 Å². The lowest BCUT2D eigenvalue weighted by atomic mass is 9.47. The fourth-order valence-electron chi connectivity index (χ4n) is 8.86. The van der Waals surface area contributed by atoms with E-state index >= 15 is 0 Å². The molecular weight excluding hydrogens is 356 g/mol. The van der Waals surface area contributed by atoms with Gasteiger partial charge in [-0.15, -0.1) is 0 Å². The Morgan fingerprint density at radius 1 is 1.17 bits per heavy atom. The largest absolute Gasteiger partial charge is 0.393 e. The van der Waals surface area contributed by atoms with Crippen molar-refractivity contribution in [2.24, 2.45) is 40.4 Å². The lowest BCUT2D eigenvalue weighted by Crippen LogP contribution is -2.53. The van der Waals surface area contributed by atoms with Gasteiger partial charge in [0.1, 0.15) is 0 Å². The van der Waals surface area contributed by atoms with Gasteiger partial charge in [0.05, 0.1) is 11.7 Å². The fraction of sp³-hybridized carbons (Fsp3) is 0.926. The molecule has 4 rings (SSSR count). The Kier molecular flexibility index (Phi) is 5.78. The van der Waals surface area contributed by atoms with Gasteiger partial charge in [0, 0.05) is 5.92 Å². The van der Waals surface area contributed by atoms with Crippen LogP contribution in [-0.4, -0.2) is 21.9 Å². The van der Waals surface area contributed by atoms with Gasteiger partial charge in [-0.1, -0.05) is 58.6 Å². The smallest absolute Gasteiger partial charge is 0.0677 e. The number of hydrogen-bond donors (Lipinski definition) is 2. The van der Waals surface area contributed by atoms with E-state index in [9.17, 15) is 10.2 Å². The summed E-state index contributed by atoms with van der Waals surface area (Å²) in [7, 11) is 0. The van der Waals surface area contributed by atoms with Crippen molar-refractivity contribution in [2.45, 2.75) is 117 Å². The van der Waals surface area contributed by atoms with E-state index in [2.05, 4.69) is 33.8 Å². The zero-order valence-electron chi connectivity index (χ0n) is 19.7. The number of aliphatic hydroxyl groups is 2. The normalized spacial score (nSPS) is 46.5. The van der Waals surface area contributed by atoms with E-state index in [-0.39, 0.29) is 17.4 Å². The summed E-state index contributed by atoms with van der Waals surface area (Å²) in [6.07, 6.45) is 15.3. The minimum Gasteiger partial charge on any atom is -0.393 e. The van der Waals surface area contributed by atoms with Gasteiger partial charge in [-0.2, -0.15) is 0 Å². The molecule has 0 saturated heterocycles. The zero-order valence-corrected chi connectivity index (χ0v) is 19.7. The molecule has 2 N–H and O–H groups in total. The van der Waals surface area contributed by atoms with Crippen molar-refractivity contribution in [3.63, 3.8) is 0 Å². The molecule has 0 spiro atoms. The third-order valence-corrected chi connectivity index (χ3v) is 10.2. The molecule has 2 heteroatoms. The first-order chi connectivity index (χ1) is 13.6. The van der Waals surface area contributed by atoms with Gasteiger partial charge in [0.25, 0.3) is 0 Å². The minimum atomic E-state index is -0.755. The maximum absolute atomic E-state index is 11.6. The highest BCUT2D eigenvalue weighted by molar-refractivity contribution is 5.25. The number of hydrogen-bond acceptors (Lipinski definition) is 2. The summed E-state index contributed by atoms with van der Waals surface area (Å²) in [6.45, 7) is 11.5. The highest BCUT2D eigenvalue weighted by atomic mass is 16.3. The van der Waals surface area contributed by atoms with Crippen LogP contribution in [0.5, 0.6) is 0 Å². The molecule has 0 heterocycles.